The molecule has 0 atom stereocenters. The summed E-state index contributed by atoms with van der Waals surface area (Å²) in [6, 6.07) is 3.82. The van der Waals surface area contributed by atoms with E-state index in [2.05, 4.69) is 9.88 Å². The van der Waals surface area contributed by atoms with Crippen LogP contribution in [0.4, 0.5) is 8.78 Å². The van der Waals surface area contributed by atoms with Crippen LogP contribution >= 0.6 is 0 Å². The van der Waals surface area contributed by atoms with E-state index in [4.69, 9.17) is 0 Å². The normalized spacial score (nSPS) is 21.8. The molecular formula is C16H21F2N3O2. The molecule has 2 fully saturated rings. The topological polar surface area (TPSA) is 56.7 Å². The van der Waals surface area contributed by atoms with Gasteiger partial charge in [-0.05, 0) is 30.9 Å². The van der Waals surface area contributed by atoms with Crippen molar-refractivity contribution < 1.29 is 18.7 Å². The number of piperazine rings is 1. The zero-order valence-electron chi connectivity index (χ0n) is 12.9. The summed E-state index contributed by atoms with van der Waals surface area (Å²) in [4.78, 5) is 19.4. The van der Waals surface area contributed by atoms with Gasteiger partial charge in [0.1, 0.15) is 5.60 Å². The number of carbonyl (C=O) groups is 1. The van der Waals surface area contributed by atoms with Crippen molar-refractivity contribution in [2.75, 3.05) is 26.2 Å². The van der Waals surface area contributed by atoms with Crippen LogP contribution in [0.3, 0.4) is 0 Å². The first-order valence-corrected chi connectivity index (χ1v) is 7.93. The van der Waals surface area contributed by atoms with Gasteiger partial charge in [-0.3, -0.25) is 14.7 Å². The van der Waals surface area contributed by atoms with Gasteiger partial charge in [0.25, 0.3) is 5.91 Å². The molecular weight excluding hydrogens is 304 g/mol. The molecule has 1 aromatic rings. The molecule has 7 heteroatoms. The van der Waals surface area contributed by atoms with E-state index in [0.29, 0.717) is 26.1 Å². The average molecular weight is 325 g/mol. The Morgan fingerprint density at radius 1 is 1.30 bits per heavy atom. The molecule has 2 aliphatic rings. The summed E-state index contributed by atoms with van der Waals surface area (Å²) in [6.07, 6.45) is 4.00. The Bertz CT molecular complexity index is 556. The van der Waals surface area contributed by atoms with Crippen LogP contribution < -0.4 is 0 Å². The van der Waals surface area contributed by atoms with Crippen molar-refractivity contribution in [3.05, 3.63) is 30.1 Å². The second kappa shape index (κ2) is 6.13. The van der Waals surface area contributed by atoms with E-state index in [1.807, 2.05) is 12.1 Å². The first-order valence-electron chi connectivity index (χ1n) is 7.93. The van der Waals surface area contributed by atoms with Crippen molar-refractivity contribution in [3.8, 4) is 0 Å². The number of hydrogen-bond acceptors (Lipinski definition) is 4. The highest BCUT2D eigenvalue weighted by Crippen LogP contribution is 2.45. The third-order valence-corrected chi connectivity index (χ3v) is 4.82. The van der Waals surface area contributed by atoms with E-state index < -0.39 is 17.4 Å². The van der Waals surface area contributed by atoms with Gasteiger partial charge in [-0.1, -0.05) is 6.07 Å². The number of aliphatic hydroxyl groups is 1. The lowest BCUT2D eigenvalue weighted by molar-refractivity contribution is -0.224. The molecule has 1 N–H and O–H groups in total. The van der Waals surface area contributed by atoms with Crippen LogP contribution in [0.1, 0.15) is 24.8 Å². The highest BCUT2D eigenvalue weighted by atomic mass is 19.3. The summed E-state index contributed by atoms with van der Waals surface area (Å²) in [5, 5.41) is 9.87. The number of hydrogen-bond donors (Lipinski definition) is 1. The monoisotopic (exact) mass is 325 g/mol. The van der Waals surface area contributed by atoms with Gasteiger partial charge in [-0.25, -0.2) is 0 Å². The zero-order chi connectivity index (χ0) is 16.5. The molecule has 0 bridgehead atoms. The molecule has 1 saturated carbocycles. The number of halogens is 2. The van der Waals surface area contributed by atoms with Crippen LogP contribution in [-0.4, -0.2) is 63.5 Å². The molecule has 2 heterocycles. The number of alkyl halides is 2. The quantitative estimate of drug-likeness (QED) is 0.906. The lowest BCUT2D eigenvalue weighted by atomic mass is 9.75. The first kappa shape index (κ1) is 16.3. The van der Waals surface area contributed by atoms with Crippen molar-refractivity contribution >= 4 is 5.91 Å². The lowest BCUT2D eigenvalue weighted by Crippen LogP contribution is -2.63. The SMILES string of the molecule is O=C(N1CCN(Cc2cccnc2)CC1)C(F)(F)C1(O)CCC1. The number of carbonyl (C=O) groups excluding carboxylic acids is 1. The summed E-state index contributed by atoms with van der Waals surface area (Å²) in [5.74, 6) is -4.92. The highest BCUT2D eigenvalue weighted by molar-refractivity contribution is 5.85. The number of amides is 1. The minimum Gasteiger partial charge on any atom is -0.383 e. The van der Waals surface area contributed by atoms with Gasteiger partial charge in [0.05, 0.1) is 0 Å². The second-order valence-electron chi connectivity index (χ2n) is 6.39. The maximum atomic E-state index is 14.2. The summed E-state index contributed by atoms with van der Waals surface area (Å²) in [5.41, 5.74) is -1.09. The van der Waals surface area contributed by atoms with Crippen LogP contribution in [0.2, 0.25) is 0 Å². The summed E-state index contributed by atoms with van der Waals surface area (Å²) >= 11 is 0. The van der Waals surface area contributed by atoms with Crippen LogP contribution in [0.5, 0.6) is 0 Å². The van der Waals surface area contributed by atoms with Gasteiger partial charge < -0.3 is 10.0 Å². The largest absolute Gasteiger partial charge is 0.383 e. The van der Waals surface area contributed by atoms with Crippen LogP contribution in [-0.2, 0) is 11.3 Å². The summed E-state index contributed by atoms with van der Waals surface area (Å²) in [7, 11) is 0. The molecule has 23 heavy (non-hydrogen) atoms. The minimum atomic E-state index is -3.68. The van der Waals surface area contributed by atoms with E-state index in [1.165, 1.54) is 4.90 Å². The van der Waals surface area contributed by atoms with Crippen molar-refractivity contribution in [2.45, 2.75) is 37.3 Å². The zero-order valence-corrected chi connectivity index (χ0v) is 12.9. The molecule has 0 radical (unpaired) electrons. The Morgan fingerprint density at radius 2 is 2.00 bits per heavy atom. The number of pyridine rings is 1. The first-order chi connectivity index (χ1) is 10.9. The Labute approximate surface area is 133 Å². The average Bonchev–Trinajstić information content (AvgIpc) is 2.53. The maximum Gasteiger partial charge on any atom is 0.352 e. The molecule has 0 unspecified atom stereocenters. The molecule has 3 rings (SSSR count). The van der Waals surface area contributed by atoms with Crippen LogP contribution in [0.25, 0.3) is 0 Å². The van der Waals surface area contributed by atoms with Gasteiger partial charge >= 0.3 is 5.92 Å². The van der Waals surface area contributed by atoms with Gasteiger partial charge in [-0.15, -0.1) is 0 Å². The minimum absolute atomic E-state index is 0.00723. The Kier molecular flexibility index (Phi) is 4.33. The predicted molar refractivity (Wildman–Crippen MR) is 79.8 cm³/mol. The van der Waals surface area contributed by atoms with Gasteiger partial charge in [-0.2, -0.15) is 8.78 Å². The molecule has 1 aliphatic heterocycles. The van der Waals surface area contributed by atoms with Gasteiger partial charge in [0, 0.05) is 45.1 Å². The fourth-order valence-electron chi connectivity index (χ4n) is 3.08. The van der Waals surface area contributed by atoms with Crippen molar-refractivity contribution in [2.24, 2.45) is 0 Å². The third-order valence-electron chi connectivity index (χ3n) is 4.82. The Balaban J connectivity index is 1.55. The third kappa shape index (κ3) is 3.07. The van der Waals surface area contributed by atoms with Crippen molar-refractivity contribution in [1.82, 2.24) is 14.8 Å². The molecule has 5 nitrogen and oxygen atoms in total. The van der Waals surface area contributed by atoms with E-state index in [9.17, 15) is 18.7 Å². The Hall–Kier alpha value is -1.60. The molecule has 1 aliphatic carbocycles. The molecule has 0 aromatic carbocycles. The van der Waals surface area contributed by atoms with Crippen molar-refractivity contribution in [1.29, 1.82) is 0 Å². The van der Waals surface area contributed by atoms with Gasteiger partial charge in [0.15, 0.2) is 0 Å². The molecule has 1 aromatic heterocycles. The van der Waals surface area contributed by atoms with Crippen molar-refractivity contribution in [3.63, 3.8) is 0 Å². The number of nitrogens with zero attached hydrogens (tertiary/aromatic N) is 3. The van der Waals surface area contributed by atoms with E-state index in [1.54, 1.807) is 12.4 Å². The lowest BCUT2D eigenvalue weighted by Gasteiger charge is -2.44. The summed E-state index contributed by atoms with van der Waals surface area (Å²) < 4.78 is 28.4. The Morgan fingerprint density at radius 3 is 2.52 bits per heavy atom. The number of rotatable bonds is 4. The summed E-state index contributed by atoms with van der Waals surface area (Å²) in [6.45, 7) is 2.27. The molecule has 1 saturated heterocycles. The second-order valence-corrected chi connectivity index (χ2v) is 6.39. The molecule has 0 spiro atoms. The highest BCUT2D eigenvalue weighted by Gasteiger charge is 2.62. The predicted octanol–water partition coefficient (Wildman–Crippen LogP) is 1.28. The fourth-order valence-corrected chi connectivity index (χ4v) is 3.08. The molecule has 126 valence electrons. The smallest absolute Gasteiger partial charge is 0.352 e. The van der Waals surface area contributed by atoms with Crippen LogP contribution in [0, 0.1) is 0 Å². The standard InChI is InChI=1S/C16H21F2N3O2/c17-16(18,15(23)4-2-5-15)14(22)21-9-7-20(8-10-21)12-13-3-1-6-19-11-13/h1,3,6,11,23H,2,4-5,7-10,12H2. The van der Waals surface area contributed by atoms with E-state index in [0.717, 1.165) is 5.56 Å². The number of aromatic nitrogens is 1. The van der Waals surface area contributed by atoms with Crippen LogP contribution in [0.15, 0.2) is 24.5 Å². The van der Waals surface area contributed by atoms with E-state index in [-0.39, 0.29) is 25.9 Å². The van der Waals surface area contributed by atoms with E-state index >= 15 is 0 Å². The fraction of sp³-hybridized carbons (Fsp3) is 0.625. The van der Waals surface area contributed by atoms with Gasteiger partial charge in [0.2, 0.25) is 0 Å². The molecule has 1 amide bonds. The maximum absolute atomic E-state index is 14.2.